The minimum atomic E-state index is 0.915. The highest BCUT2D eigenvalue weighted by molar-refractivity contribution is 4.87. The zero-order valence-corrected chi connectivity index (χ0v) is 13.2. The maximum Gasteiger partial charge on any atom is 0.00966 e. The SMILES string of the molecule is CCCCC(CC)CN(CC1CCCNC1)C1CC1. The second-order valence-electron chi connectivity index (χ2n) is 6.81. The Bertz CT molecular complexity index is 231. The van der Waals surface area contributed by atoms with Crippen molar-refractivity contribution in [1.82, 2.24) is 10.2 Å². The lowest BCUT2D eigenvalue weighted by Crippen LogP contribution is -2.41. The standard InChI is InChI=1S/C17H34N2/c1-3-5-7-15(4-2)13-19(17-9-10-17)14-16-8-6-11-18-12-16/h15-18H,3-14H2,1-2H3. The summed E-state index contributed by atoms with van der Waals surface area (Å²) in [5, 5.41) is 3.57. The maximum atomic E-state index is 3.57. The highest BCUT2D eigenvalue weighted by Gasteiger charge is 2.31. The van der Waals surface area contributed by atoms with E-state index in [9.17, 15) is 0 Å². The summed E-state index contributed by atoms with van der Waals surface area (Å²) in [5.74, 6) is 1.86. The molecule has 0 radical (unpaired) electrons. The van der Waals surface area contributed by atoms with Gasteiger partial charge in [-0.25, -0.2) is 0 Å². The fraction of sp³-hybridized carbons (Fsp3) is 1.00. The molecule has 0 aromatic rings. The Morgan fingerprint density at radius 3 is 2.63 bits per heavy atom. The molecule has 1 saturated carbocycles. The molecule has 2 heteroatoms. The summed E-state index contributed by atoms with van der Waals surface area (Å²) in [6, 6.07) is 0.942. The quantitative estimate of drug-likeness (QED) is 0.685. The molecule has 0 aromatic heterocycles. The first-order valence-electron chi connectivity index (χ1n) is 8.78. The molecule has 0 amide bonds. The van der Waals surface area contributed by atoms with E-state index >= 15 is 0 Å². The van der Waals surface area contributed by atoms with Crippen LogP contribution in [0.1, 0.15) is 65.2 Å². The van der Waals surface area contributed by atoms with Gasteiger partial charge in [0.25, 0.3) is 0 Å². The average molecular weight is 266 g/mol. The van der Waals surface area contributed by atoms with Gasteiger partial charge >= 0.3 is 0 Å². The van der Waals surface area contributed by atoms with Gasteiger partial charge in [-0.1, -0.05) is 33.1 Å². The Labute approximate surface area is 120 Å². The lowest BCUT2D eigenvalue weighted by atomic mass is 9.96. The second-order valence-corrected chi connectivity index (χ2v) is 6.81. The van der Waals surface area contributed by atoms with Gasteiger partial charge in [0.2, 0.25) is 0 Å². The monoisotopic (exact) mass is 266 g/mol. The van der Waals surface area contributed by atoms with Gasteiger partial charge in [0.1, 0.15) is 0 Å². The van der Waals surface area contributed by atoms with Crippen LogP contribution in [-0.4, -0.2) is 37.1 Å². The van der Waals surface area contributed by atoms with Crippen molar-refractivity contribution in [1.29, 1.82) is 0 Å². The summed E-state index contributed by atoms with van der Waals surface area (Å²) >= 11 is 0. The van der Waals surface area contributed by atoms with E-state index in [-0.39, 0.29) is 0 Å². The van der Waals surface area contributed by atoms with Crippen LogP contribution in [0.5, 0.6) is 0 Å². The van der Waals surface area contributed by atoms with Crippen LogP contribution in [0.25, 0.3) is 0 Å². The number of unbranched alkanes of at least 4 members (excludes halogenated alkanes) is 1. The van der Waals surface area contributed by atoms with Gasteiger partial charge in [-0.3, -0.25) is 4.90 Å². The van der Waals surface area contributed by atoms with E-state index in [4.69, 9.17) is 0 Å². The fourth-order valence-electron chi connectivity index (χ4n) is 3.47. The molecule has 1 heterocycles. The predicted molar refractivity (Wildman–Crippen MR) is 83.5 cm³/mol. The van der Waals surface area contributed by atoms with Crippen molar-refractivity contribution in [3.63, 3.8) is 0 Å². The Morgan fingerprint density at radius 2 is 2.05 bits per heavy atom. The maximum absolute atomic E-state index is 3.57. The summed E-state index contributed by atoms with van der Waals surface area (Å²) in [5.41, 5.74) is 0. The number of piperidine rings is 1. The first kappa shape index (κ1) is 15.3. The minimum Gasteiger partial charge on any atom is -0.316 e. The molecule has 1 aliphatic carbocycles. The highest BCUT2D eigenvalue weighted by Crippen LogP contribution is 2.30. The molecular formula is C17H34N2. The summed E-state index contributed by atoms with van der Waals surface area (Å²) in [6.45, 7) is 9.94. The molecule has 0 aromatic carbocycles. The molecule has 2 unspecified atom stereocenters. The first-order valence-corrected chi connectivity index (χ1v) is 8.78. The van der Waals surface area contributed by atoms with Gasteiger partial charge < -0.3 is 5.32 Å². The van der Waals surface area contributed by atoms with E-state index in [1.807, 2.05) is 0 Å². The zero-order valence-electron chi connectivity index (χ0n) is 13.2. The third-order valence-electron chi connectivity index (χ3n) is 4.99. The van der Waals surface area contributed by atoms with Gasteiger partial charge in [-0.15, -0.1) is 0 Å². The minimum absolute atomic E-state index is 0.915. The normalized spacial score (nSPS) is 25.7. The van der Waals surface area contributed by atoms with Gasteiger partial charge in [0.15, 0.2) is 0 Å². The van der Waals surface area contributed by atoms with Gasteiger partial charge in [0.05, 0.1) is 0 Å². The van der Waals surface area contributed by atoms with Crippen LogP contribution >= 0.6 is 0 Å². The Morgan fingerprint density at radius 1 is 1.21 bits per heavy atom. The van der Waals surface area contributed by atoms with E-state index < -0.39 is 0 Å². The van der Waals surface area contributed by atoms with Crippen molar-refractivity contribution >= 4 is 0 Å². The van der Waals surface area contributed by atoms with Crippen molar-refractivity contribution in [2.24, 2.45) is 11.8 Å². The molecule has 2 nitrogen and oxygen atoms in total. The molecule has 2 aliphatic rings. The third-order valence-corrected chi connectivity index (χ3v) is 4.99. The molecule has 0 bridgehead atoms. The summed E-state index contributed by atoms with van der Waals surface area (Å²) in [7, 11) is 0. The Balaban J connectivity index is 1.77. The van der Waals surface area contributed by atoms with Crippen LogP contribution in [0.15, 0.2) is 0 Å². The number of nitrogens with zero attached hydrogens (tertiary/aromatic N) is 1. The van der Waals surface area contributed by atoms with Gasteiger partial charge in [-0.2, -0.15) is 0 Å². The summed E-state index contributed by atoms with van der Waals surface area (Å²) < 4.78 is 0. The lowest BCUT2D eigenvalue weighted by molar-refractivity contribution is 0.167. The predicted octanol–water partition coefficient (Wildman–Crippen LogP) is 3.67. The van der Waals surface area contributed by atoms with Crippen molar-refractivity contribution < 1.29 is 0 Å². The summed E-state index contributed by atoms with van der Waals surface area (Å²) in [6.07, 6.45) is 11.3. The van der Waals surface area contributed by atoms with Crippen molar-refractivity contribution in [3.05, 3.63) is 0 Å². The van der Waals surface area contributed by atoms with Crippen LogP contribution in [0, 0.1) is 11.8 Å². The molecule has 112 valence electrons. The molecule has 19 heavy (non-hydrogen) atoms. The molecular weight excluding hydrogens is 232 g/mol. The van der Waals surface area contributed by atoms with E-state index in [2.05, 4.69) is 24.1 Å². The van der Waals surface area contributed by atoms with Crippen LogP contribution in [-0.2, 0) is 0 Å². The van der Waals surface area contributed by atoms with Crippen LogP contribution in [0.2, 0.25) is 0 Å². The molecule has 1 aliphatic heterocycles. The van der Waals surface area contributed by atoms with Gasteiger partial charge in [0, 0.05) is 19.1 Å². The smallest absolute Gasteiger partial charge is 0.00966 e. The van der Waals surface area contributed by atoms with E-state index in [1.165, 1.54) is 77.5 Å². The lowest BCUT2D eigenvalue weighted by Gasteiger charge is -2.32. The summed E-state index contributed by atoms with van der Waals surface area (Å²) in [4.78, 5) is 2.85. The number of nitrogens with one attached hydrogen (secondary N) is 1. The molecule has 2 rings (SSSR count). The van der Waals surface area contributed by atoms with Crippen molar-refractivity contribution in [2.75, 3.05) is 26.2 Å². The highest BCUT2D eigenvalue weighted by atomic mass is 15.2. The Hall–Kier alpha value is -0.0800. The van der Waals surface area contributed by atoms with Crippen LogP contribution in [0.4, 0.5) is 0 Å². The number of rotatable bonds is 9. The molecule has 1 N–H and O–H groups in total. The topological polar surface area (TPSA) is 15.3 Å². The molecule has 2 fully saturated rings. The first-order chi connectivity index (χ1) is 9.33. The zero-order chi connectivity index (χ0) is 13.5. The molecule has 0 spiro atoms. The van der Waals surface area contributed by atoms with Gasteiger partial charge in [-0.05, 0) is 57.0 Å². The molecule has 2 atom stereocenters. The van der Waals surface area contributed by atoms with Crippen molar-refractivity contribution in [3.8, 4) is 0 Å². The number of hydrogen-bond acceptors (Lipinski definition) is 2. The largest absolute Gasteiger partial charge is 0.316 e. The molecule has 1 saturated heterocycles. The second kappa shape index (κ2) is 8.26. The van der Waals surface area contributed by atoms with Crippen LogP contribution in [0.3, 0.4) is 0 Å². The number of hydrogen-bond donors (Lipinski definition) is 1. The fourth-order valence-corrected chi connectivity index (χ4v) is 3.47. The van der Waals surface area contributed by atoms with E-state index in [0.717, 1.165) is 17.9 Å². The van der Waals surface area contributed by atoms with E-state index in [1.54, 1.807) is 0 Å². The third kappa shape index (κ3) is 5.43. The Kier molecular flexibility index (Phi) is 6.66. The van der Waals surface area contributed by atoms with Crippen LogP contribution < -0.4 is 5.32 Å². The average Bonchev–Trinajstić information content (AvgIpc) is 3.28. The van der Waals surface area contributed by atoms with E-state index in [0.29, 0.717) is 0 Å². The van der Waals surface area contributed by atoms with Crippen molar-refractivity contribution in [2.45, 2.75) is 71.3 Å².